The van der Waals surface area contributed by atoms with Crippen LogP contribution in [-0.4, -0.2) is 96.8 Å². The summed E-state index contributed by atoms with van der Waals surface area (Å²) in [4.78, 5) is 73.9. The third kappa shape index (κ3) is 9.31. The molecule has 0 unspecified atom stereocenters. The van der Waals surface area contributed by atoms with Gasteiger partial charge in [0, 0.05) is 52.2 Å². The zero-order valence-electron chi connectivity index (χ0n) is 21.0. The maximum absolute atomic E-state index is 12.2. The van der Waals surface area contributed by atoms with Gasteiger partial charge in [0.15, 0.2) is 0 Å². The molecule has 36 heavy (non-hydrogen) atoms. The molecule has 0 aromatic rings. The van der Waals surface area contributed by atoms with Crippen molar-refractivity contribution in [1.82, 2.24) is 20.4 Å². The largest absolute Gasteiger partial charge is 0.462 e. The van der Waals surface area contributed by atoms with Gasteiger partial charge >= 0.3 is 11.9 Å². The Morgan fingerprint density at radius 3 is 1.47 bits per heavy atom. The maximum Gasteiger partial charge on any atom is 0.331 e. The fourth-order valence-corrected chi connectivity index (χ4v) is 4.21. The fourth-order valence-electron chi connectivity index (χ4n) is 4.21. The number of rotatable bonds is 12. The van der Waals surface area contributed by atoms with E-state index in [1.807, 2.05) is 0 Å². The number of carbonyl (C=O) groups is 6. The molecule has 2 saturated heterocycles. The summed E-state index contributed by atoms with van der Waals surface area (Å²) in [6.45, 7) is 4.75. The van der Waals surface area contributed by atoms with Crippen LogP contribution in [0.3, 0.4) is 0 Å². The highest BCUT2D eigenvalue weighted by molar-refractivity contribution is 5.91. The van der Waals surface area contributed by atoms with Crippen molar-refractivity contribution in [3.8, 4) is 0 Å². The highest BCUT2D eigenvalue weighted by Gasteiger charge is 2.32. The van der Waals surface area contributed by atoms with E-state index in [0.29, 0.717) is 51.9 Å². The Kier molecular flexibility index (Phi) is 11.9. The van der Waals surface area contributed by atoms with E-state index in [1.165, 1.54) is 13.8 Å². The van der Waals surface area contributed by atoms with Gasteiger partial charge in [0.2, 0.25) is 23.6 Å². The molecule has 12 heteroatoms. The average molecular weight is 509 g/mol. The second kappa shape index (κ2) is 14.8. The average Bonchev–Trinajstić information content (AvgIpc) is 3.52. The monoisotopic (exact) mass is 508 g/mol. The van der Waals surface area contributed by atoms with Crippen molar-refractivity contribution >= 4 is 35.6 Å². The van der Waals surface area contributed by atoms with Gasteiger partial charge in [0.05, 0.1) is 13.2 Å². The van der Waals surface area contributed by atoms with Crippen LogP contribution in [0.5, 0.6) is 0 Å². The van der Waals surface area contributed by atoms with Gasteiger partial charge < -0.3 is 29.9 Å². The van der Waals surface area contributed by atoms with E-state index >= 15 is 0 Å². The van der Waals surface area contributed by atoms with Gasteiger partial charge in [0.1, 0.15) is 12.1 Å². The Morgan fingerprint density at radius 2 is 1.11 bits per heavy atom. The summed E-state index contributed by atoms with van der Waals surface area (Å²) in [5.74, 6) is -2.10. The van der Waals surface area contributed by atoms with Gasteiger partial charge in [-0.3, -0.25) is 19.2 Å². The lowest BCUT2D eigenvalue weighted by molar-refractivity contribution is -0.140. The predicted molar refractivity (Wildman–Crippen MR) is 127 cm³/mol. The van der Waals surface area contributed by atoms with Crippen LogP contribution in [0, 0.1) is 0 Å². The van der Waals surface area contributed by atoms with Crippen LogP contribution in [0.2, 0.25) is 0 Å². The Hall–Kier alpha value is -3.44. The number of hydrogen-bond donors (Lipinski definition) is 2. The van der Waals surface area contributed by atoms with Crippen molar-refractivity contribution in [2.45, 2.75) is 64.5 Å². The minimum atomic E-state index is -0.712. The number of hydrogen-bond acceptors (Lipinski definition) is 8. The zero-order chi connectivity index (χ0) is 26.5. The minimum Gasteiger partial charge on any atom is -0.462 e. The van der Waals surface area contributed by atoms with Crippen molar-refractivity contribution in [3.05, 3.63) is 12.2 Å². The number of likely N-dealkylation sites (tertiary alicyclic amines) is 2. The van der Waals surface area contributed by atoms with Crippen molar-refractivity contribution < 1.29 is 38.2 Å². The van der Waals surface area contributed by atoms with Gasteiger partial charge in [-0.2, -0.15) is 0 Å². The molecule has 200 valence electrons. The third-order valence-corrected chi connectivity index (χ3v) is 6.00. The summed E-state index contributed by atoms with van der Waals surface area (Å²) in [6, 6.07) is -0.890. The van der Waals surface area contributed by atoms with E-state index in [4.69, 9.17) is 9.47 Å². The van der Waals surface area contributed by atoms with Crippen LogP contribution >= 0.6 is 0 Å². The van der Waals surface area contributed by atoms with E-state index < -0.39 is 24.0 Å². The number of nitrogens with zero attached hydrogens (tertiary/aromatic N) is 2. The summed E-state index contributed by atoms with van der Waals surface area (Å²) < 4.78 is 9.96. The highest BCUT2D eigenvalue weighted by atomic mass is 16.5. The van der Waals surface area contributed by atoms with Crippen LogP contribution in [0.15, 0.2) is 12.2 Å². The Labute approximate surface area is 210 Å². The molecule has 2 atom stereocenters. The first-order valence-electron chi connectivity index (χ1n) is 12.3. The molecular weight excluding hydrogens is 472 g/mol. The summed E-state index contributed by atoms with van der Waals surface area (Å²) in [7, 11) is 0. The molecule has 0 bridgehead atoms. The first-order valence-corrected chi connectivity index (χ1v) is 12.3. The molecule has 0 aromatic heterocycles. The number of ether oxygens (including phenoxy) is 2. The first kappa shape index (κ1) is 28.8. The van der Waals surface area contributed by atoms with Gasteiger partial charge in [-0.15, -0.1) is 0 Å². The molecule has 0 radical (unpaired) electrons. The van der Waals surface area contributed by atoms with Crippen molar-refractivity contribution in [2.75, 3.05) is 39.4 Å². The third-order valence-electron chi connectivity index (χ3n) is 6.00. The lowest BCUT2D eigenvalue weighted by Crippen LogP contribution is -2.45. The molecule has 2 N–H and O–H groups in total. The zero-order valence-corrected chi connectivity index (χ0v) is 21.0. The number of esters is 2. The van der Waals surface area contributed by atoms with E-state index in [0.717, 1.165) is 25.0 Å². The molecule has 2 fully saturated rings. The molecule has 2 rings (SSSR count). The number of carbonyl (C=O) groups excluding carboxylic acids is 6. The van der Waals surface area contributed by atoms with Crippen LogP contribution in [-0.2, 0) is 38.2 Å². The normalized spacial score (nSPS) is 19.3. The maximum atomic E-state index is 12.2. The van der Waals surface area contributed by atoms with E-state index in [1.54, 1.807) is 9.80 Å². The first-order chi connectivity index (χ1) is 17.2. The Balaban J connectivity index is 1.50. The molecule has 2 aliphatic heterocycles. The van der Waals surface area contributed by atoms with Crippen LogP contribution in [0.4, 0.5) is 0 Å². The molecule has 12 nitrogen and oxygen atoms in total. The second-order valence-electron chi connectivity index (χ2n) is 8.70. The molecule has 0 aliphatic carbocycles. The Morgan fingerprint density at radius 1 is 0.722 bits per heavy atom. The molecule has 4 amide bonds. The fraction of sp³-hybridized carbons (Fsp3) is 0.667. The Bertz CT molecular complexity index is 791. The van der Waals surface area contributed by atoms with Crippen molar-refractivity contribution in [1.29, 1.82) is 0 Å². The van der Waals surface area contributed by atoms with Gasteiger partial charge in [-0.1, -0.05) is 0 Å². The smallest absolute Gasteiger partial charge is 0.331 e. The highest BCUT2D eigenvalue weighted by Crippen LogP contribution is 2.18. The standard InChI is InChI=1S/C24H36N4O8/c1-17(29)27-13-3-7-19(27)23(33)25-11-5-15-35-21(31)9-10-22(32)36-16-6-12-26-24(34)20-8-4-14-28(20)18(2)30/h9-10,19-20H,3-8,11-16H2,1-2H3,(H,25,33)(H,26,34)/b10-9+/t19-,20-/m0/s1. The number of nitrogens with one attached hydrogen (secondary N) is 2. The van der Waals surface area contributed by atoms with E-state index in [2.05, 4.69) is 10.6 Å². The molecule has 0 saturated carbocycles. The van der Waals surface area contributed by atoms with Crippen LogP contribution in [0.25, 0.3) is 0 Å². The summed E-state index contributed by atoms with van der Waals surface area (Å²) in [5.41, 5.74) is 0. The van der Waals surface area contributed by atoms with Crippen molar-refractivity contribution in [2.24, 2.45) is 0 Å². The molecule has 2 heterocycles. The SMILES string of the molecule is CC(=O)N1CCC[C@H]1C(=O)NCCCOC(=O)/C=C/C(=O)OCCCNC(=O)[C@@H]1CCCN1C(C)=O. The molecule has 0 spiro atoms. The number of amides is 4. The molecule has 0 aromatic carbocycles. The minimum absolute atomic E-state index is 0.0569. The van der Waals surface area contributed by atoms with Gasteiger partial charge in [-0.05, 0) is 38.5 Å². The van der Waals surface area contributed by atoms with Gasteiger partial charge in [-0.25, -0.2) is 9.59 Å². The lowest BCUT2D eigenvalue weighted by atomic mass is 10.2. The summed E-state index contributed by atoms with van der Waals surface area (Å²) >= 11 is 0. The van der Waals surface area contributed by atoms with Gasteiger partial charge in [0.25, 0.3) is 0 Å². The predicted octanol–water partition coefficient (Wildman–Crippen LogP) is -0.337. The van der Waals surface area contributed by atoms with Crippen LogP contribution in [0.1, 0.15) is 52.4 Å². The second-order valence-corrected chi connectivity index (χ2v) is 8.70. The summed E-state index contributed by atoms with van der Waals surface area (Å²) in [5, 5.41) is 5.47. The van der Waals surface area contributed by atoms with E-state index in [-0.39, 0.29) is 36.8 Å². The molecular formula is C24H36N4O8. The molecule has 2 aliphatic rings. The van der Waals surface area contributed by atoms with Crippen LogP contribution < -0.4 is 10.6 Å². The summed E-state index contributed by atoms with van der Waals surface area (Å²) in [6.07, 6.45) is 5.56. The lowest BCUT2D eigenvalue weighted by Gasteiger charge is -2.22. The van der Waals surface area contributed by atoms with Crippen molar-refractivity contribution in [3.63, 3.8) is 0 Å². The topological polar surface area (TPSA) is 151 Å². The van der Waals surface area contributed by atoms with E-state index in [9.17, 15) is 28.8 Å². The quantitative estimate of drug-likeness (QED) is 0.206.